The van der Waals surface area contributed by atoms with Gasteiger partial charge in [-0.25, -0.2) is 4.68 Å². The number of benzene rings is 1. The molecule has 2 rings (SSSR count). The molecule has 0 saturated carbocycles. The summed E-state index contributed by atoms with van der Waals surface area (Å²) < 4.78 is 1.59. The van der Waals surface area contributed by atoms with Gasteiger partial charge in [0.1, 0.15) is 6.33 Å². The van der Waals surface area contributed by atoms with Crippen molar-refractivity contribution >= 4 is 17.3 Å². The van der Waals surface area contributed by atoms with Gasteiger partial charge in [0.2, 0.25) is 0 Å². The molecule has 0 radical (unpaired) electrons. The molecule has 1 heterocycles. The van der Waals surface area contributed by atoms with E-state index in [0.29, 0.717) is 11.1 Å². The van der Waals surface area contributed by atoms with E-state index < -0.39 is 0 Å². The maximum Gasteiger partial charge on any atom is 0.143 e. The minimum atomic E-state index is 0.321. The van der Waals surface area contributed by atoms with Crippen molar-refractivity contribution in [2.24, 2.45) is 0 Å². The van der Waals surface area contributed by atoms with Gasteiger partial charge in [-0.1, -0.05) is 11.6 Å². The minimum absolute atomic E-state index is 0.321. The second kappa shape index (κ2) is 4.49. The van der Waals surface area contributed by atoms with Crippen LogP contribution in [-0.2, 0) is 0 Å². The monoisotopic (exact) mass is 237 g/mol. The molecule has 1 N–H and O–H groups in total. The number of anilines is 1. The van der Waals surface area contributed by atoms with Crippen LogP contribution < -0.4 is 5.32 Å². The molecule has 2 aromatic rings. The highest BCUT2D eigenvalue weighted by Gasteiger charge is 2.05. The molecule has 5 nitrogen and oxygen atoms in total. The Kier molecular flexibility index (Phi) is 3.05. The summed E-state index contributed by atoms with van der Waals surface area (Å²) in [5.74, 6) is 0. The molecule has 1 aromatic heterocycles. The maximum absolute atomic E-state index is 6.08. The zero-order chi connectivity index (χ0) is 11.5. The van der Waals surface area contributed by atoms with Gasteiger partial charge in [-0.2, -0.15) is 0 Å². The lowest BCUT2D eigenvalue weighted by Crippen LogP contribution is -2.10. The predicted molar refractivity (Wildman–Crippen MR) is 62.9 cm³/mol. The van der Waals surface area contributed by atoms with Gasteiger partial charge in [0.05, 0.1) is 16.4 Å². The van der Waals surface area contributed by atoms with Crippen LogP contribution in [-0.4, -0.2) is 26.2 Å². The lowest BCUT2D eigenvalue weighted by Gasteiger charge is -2.12. The number of rotatable bonds is 3. The molecule has 0 bridgehead atoms. The molecule has 0 aliphatic carbocycles. The van der Waals surface area contributed by atoms with Crippen LogP contribution >= 0.6 is 11.6 Å². The number of halogens is 1. The topological polar surface area (TPSA) is 55.6 Å². The van der Waals surface area contributed by atoms with Crippen molar-refractivity contribution in [1.29, 1.82) is 0 Å². The van der Waals surface area contributed by atoms with Crippen LogP contribution in [0.25, 0.3) is 5.69 Å². The summed E-state index contributed by atoms with van der Waals surface area (Å²) in [5, 5.41) is 14.9. The molecule has 0 saturated heterocycles. The molecule has 6 heteroatoms. The van der Waals surface area contributed by atoms with E-state index in [0.717, 1.165) is 11.4 Å². The van der Waals surface area contributed by atoms with Gasteiger partial charge in [0.25, 0.3) is 0 Å². The van der Waals surface area contributed by atoms with E-state index in [1.54, 1.807) is 11.0 Å². The maximum atomic E-state index is 6.08. The molecule has 0 aliphatic rings. The highest BCUT2D eigenvalue weighted by Crippen LogP contribution is 2.24. The molecular weight excluding hydrogens is 226 g/mol. The van der Waals surface area contributed by atoms with Crippen molar-refractivity contribution < 1.29 is 0 Å². The molecule has 16 heavy (non-hydrogen) atoms. The number of aromatic nitrogens is 4. The van der Waals surface area contributed by atoms with E-state index in [4.69, 9.17) is 11.6 Å². The van der Waals surface area contributed by atoms with E-state index in [1.165, 1.54) is 0 Å². The Morgan fingerprint density at radius 3 is 2.81 bits per heavy atom. The van der Waals surface area contributed by atoms with Crippen LogP contribution in [0, 0.1) is 0 Å². The van der Waals surface area contributed by atoms with Gasteiger partial charge < -0.3 is 5.32 Å². The summed E-state index contributed by atoms with van der Waals surface area (Å²) in [6, 6.07) is 5.92. The van der Waals surface area contributed by atoms with Gasteiger partial charge in [-0.05, 0) is 42.5 Å². The fourth-order valence-corrected chi connectivity index (χ4v) is 1.53. The van der Waals surface area contributed by atoms with Crippen molar-refractivity contribution in [3.05, 3.63) is 29.5 Å². The molecule has 1 aromatic carbocycles. The second-order valence-electron chi connectivity index (χ2n) is 3.72. The van der Waals surface area contributed by atoms with Gasteiger partial charge in [0, 0.05) is 6.04 Å². The Morgan fingerprint density at radius 2 is 2.19 bits per heavy atom. The first-order valence-electron chi connectivity index (χ1n) is 4.96. The third-order valence-corrected chi connectivity index (χ3v) is 2.34. The molecular formula is C10H12ClN5. The predicted octanol–water partition coefficient (Wildman–Crippen LogP) is 2.14. The first-order chi connectivity index (χ1) is 7.66. The summed E-state index contributed by atoms with van der Waals surface area (Å²) in [7, 11) is 0. The quantitative estimate of drug-likeness (QED) is 0.889. The van der Waals surface area contributed by atoms with Crippen molar-refractivity contribution in [2.75, 3.05) is 5.32 Å². The number of hydrogen-bond acceptors (Lipinski definition) is 4. The highest BCUT2D eigenvalue weighted by molar-refractivity contribution is 6.33. The van der Waals surface area contributed by atoms with E-state index >= 15 is 0 Å². The Morgan fingerprint density at radius 1 is 1.38 bits per heavy atom. The number of hydrogen-bond donors (Lipinski definition) is 1. The van der Waals surface area contributed by atoms with Gasteiger partial charge in [-0.15, -0.1) is 5.10 Å². The van der Waals surface area contributed by atoms with E-state index in [1.807, 2.05) is 18.2 Å². The Bertz CT molecular complexity index is 466. The fraction of sp³-hybridized carbons (Fsp3) is 0.300. The lowest BCUT2D eigenvalue weighted by atomic mass is 10.2. The van der Waals surface area contributed by atoms with E-state index in [-0.39, 0.29) is 0 Å². The first-order valence-corrected chi connectivity index (χ1v) is 5.34. The Labute approximate surface area is 98.4 Å². The number of tetrazole rings is 1. The first kappa shape index (κ1) is 10.9. The molecule has 0 unspecified atom stereocenters. The molecule has 0 spiro atoms. The van der Waals surface area contributed by atoms with E-state index in [9.17, 15) is 0 Å². The smallest absolute Gasteiger partial charge is 0.143 e. The van der Waals surface area contributed by atoms with Crippen molar-refractivity contribution in [2.45, 2.75) is 19.9 Å². The third-order valence-electron chi connectivity index (χ3n) is 2.01. The summed E-state index contributed by atoms with van der Waals surface area (Å²) in [4.78, 5) is 0. The van der Waals surface area contributed by atoms with Gasteiger partial charge in [-0.3, -0.25) is 0 Å². The molecule has 0 atom stereocenters. The average molecular weight is 238 g/mol. The second-order valence-corrected chi connectivity index (χ2v) is 4.12. The zero-order valence-electron chi connectivity index (χ0n) is 9.05. The molecule has 0 fully saturated rings. The van der Waals surface area contributed by atoms with Crippen LogP contribution in [0.5, 0.6) is 0 Å². The molecule has 0 amide bonds. The lowest BCUT2D eigenvalue weighted by molar-refractivity contribution is 0.788. The van der Waals surface area contributed by atoms with Crippen LogP contribution in [0.15, 0.2) is 24.5 Å². The van der Waals surface area contributed by atoms with Crippen molar-refractivity contribution in [3.63, 3.8) is 0 Å². The largest absolute Gasteiger partial charge is 0.382 e. The number of nitrogens with one attached hydrogen (secondary N) is 1. The summed E-state index contributed by atoms with van der Waals surface area (Å²) in [5.41, 5.74) is 1.75. The van der Waals surface area contributed by atoms with Crippen LogP contribution in [0.3, 0.4) is 0 Å². The van der Waals surface area contributed by atoms with Gasteiger partial charge >= 0.3 is 0 Å². The fourth-order valence-electron chi connectivity index (χ4n) is 1.36. The summed E-state index contributed by atoms with van der Waals surface area (Å²) >= 11 is 6.08. The van der Waals surface area contributed by atoms with Gasteiger partial charge in [0.15, 0.2) is 0 Å². The SMILES string of the molecule is CC(C)Nc1cc(-n2cnnn2)ccc1Cl. The Balaban J connectivity index is 2.36. The van der Waals surface area contributed by atoms with Crippen LogP contribution in [0.2, 0.25) is 5.02 Å². The van der Waals surface area contributed by atoms with Crippen LogP contribution in [0.1, 0.15) is 13.8 Å². The average Bonchev–Trinajstić information content (AvgIpc) is 2.73. The summed E-state index contributed by atoms with van der Waals surface area (Å²) in [6.07, 6.45) is 1.54. The normalized spacial score (nSPS) is 10.8. The third kappa shape index (κ3) is 2.30. The number of nitrogens with zero attached hydrogens (tertiary/aromatic N) is 4. The van der Waals surface area contributed by atoms with Crippen LogP contribution in [0.4, 0.5) is 5.69 Å². The van der Waals surface area contributed by atoms with Crippen molar-refractivity contribution in [1.82, 2.24) is 20.2 Å². The molecule has 84 valence electrons. The standard InChI is InChI=1S/C10H12ClN5/c1-7(2)13-10-5-8(3-4-9(10)11)16-6-12-14-15-16/h3-7,13H,1-2H3. The zero-order valence-corrected chi connectivity index (χ0v) is 9.81. The van der Waals surface area contributed by atoms with E-state index in [2.05, 4.69) is 34.7 Å². The Hall–Kier alpha value is -1.62. The van der Waals surface area contributed by atoms with Crippen molar-refractivity contribution in [3.8, 4) is 5.69 Å². The minimum Gasteiger partial charge on any atom is -0.382 e. The molecule has 0 aliphatic heterocycles. The summed E-state index contributed by atoms with van der Waals surface area (Å²) in [6.45, 7) is 4.11. The highest BCUT2D eigenvalue weighted by atomic mass is 35.5.